The smallest absolute Gasteiger partial charge is 0.179 e. The predicted octanol–water partition coefficient (Wildman–Crippen LogP) is 2.65. The summed E-state index contributed by atoms with van der Waals surface area (Å²) in [4.78, 5) is 4.38. The summed E-state index contributed by atoms with van der Waals surface area (Å²) in [5, 5.41) is 4.10. The van der Waals surface area contributed by atoms with Crippen molar-refractivity contribution in [1.82, 2.24) is 5.43 Å². The van der Waals surface area contributed by atoms with Gasteiger partial charge in [-0.25, -0.2) is 4.99 Å². The highest BCUT2D eigenvalue weighted by Crippen LogP contribution is 2.28. The monoisotopic (exact) mass is 212 g/mol. The van der Waals surface area contributed by atoms with Crippen molar-refractivity contribution in [3.05, 3.63) is 11.3 Å². The van der Waals surface area contributed by atoms with Crippen LogP contribution in [0, 0.1) is 0 Å². The van der Waals surface area contributed by atoms with Crippen LogP contribution in [0.15, 0.2) is 21.4 Å². The average Bonchev–Trinajstić information content (AvgIpc) is 2.48. The molecule has 0 saturated heterocycles. The summed E-state index contributed by atoms with van der Waals surface area (Å²) in [6.07, 6.45) is 4.70. The van der Waals surface area contributed by atoms with E-state index >= 15 is 0 Å². The van der Waals surface area contributed by atoms with Crippen LogP contribution in [0.4, 0.5) is 0 Å². The first-order valence-electron chi connectivity index (χ1n) is 4.80. The van der Waals surface area contributed by atoms with Crippen molar-refractivity contribution in [2.45, 2.75) is 39.5 Å². The molecule has 0 saturated carbocycles. The highest BCUT2D eigenvalue weighted by molar-refractivity contribution is 6.07. The van der Waals surface area contributed by atoms with Crippen molar-refractivity contribution in [3.8, 4) is 0 Å². The highest BCUT2D eigenvalue weighted by Gasteiger charge is 2.23. The lowest BCUT2D eigenvalue weighted by Crippen LogP contribution is -2.05. The largest absolute Gasteiger partial charge is 0.237 e. The number of amidine groups is 1. The summed E-state index contributed by atoms with van der Waals surface area (Å²) in [6, 6.07) is 0. The summed E-state index contributed by atoms with van der Waals surface area (Å²) in [5.74, 6) is 0.856. The van der Waals surface area contributed by atoms with E-state index in [-0.39, 0.29) is 12.4 Å². The predicted molar refractivity (Wildman–Crippen MR) is 61.1 cm³/mol. The number of nitrogens with zero attached hydrogens (tertiary/aromatic N) is 3. The molecular weight excluding hydrogens is 198 g/mol. The second-order valence-corrected chi connectivity index (χ2v) is 3.71. The molecule has 0 bridgehead atoms. The normalized spacial score (nSPS) is 19.1. The number of hydrogen-bond acceptors (Lipinski definition) is 2. The third kappa shape index (κ3) is 2.15. The zero-order valence-electron chi connectivity index (χ0n) is 8.58. The van der Waals surface area contributed by atoms with Gasteiger partial charge in [0.2, 0.25) is 0 Å². The Hall–Kier alpha value is -0.830. The number of allylic oxidation sites excluding steroid dienone is 1. The van der Waals surface area contributed by atoms with E-state index in [1.165, 1.54) is 24.1 Å². The van der Waals surface area contributed by atoms with E-state index in [9.17, 15) is 0 Å². The Morgan fingerprint density at radius 2 is 1.93 bits per heavy atom. The van der Waals surface area contributed by atoms with Crippen molar-refractivity contribution >= 4 is 24.0 Å². The standard InChI is InChI=1S/C10H14N3.ClH/c1-7(2)11-10-8-5-3-4-6-9(8)12-13-10;/h3-6H2,1-2H3;1H. The molecule has 1 aliphatic carbocycles. The second-order valence-electron chi connectivity index (χ2n) is 3.71. The fraction of sp³-hybridized carbons (Fsp3) is 0.600. The minimum Gasteiger partial charge on any atom is -0.237 e. The van der Waals surface area contributed by atoms with Crippen molar-refractivity contribution in [2.24, 2.45) is 10.1 Å². The molecule has 77 valence electrons. The number of rotatable bonds is 0. The Kier molecular flexibility index (Phi) is 3.69. The molecule has 14 heavy (non-hydrogen) atoms. The summed E-state index contributed by atoms with van der Waals surface area (Å²) >= 11 is 0. The van der Waals surface area contributed by atoms with Gasteiger partial charge in [-0.05, 0) is 39.5 Å². The number of hydrogen-bond donors (Lipinski definition) is 0. The maximum atomic E-state index is 4.38. The van der Waals surface area contributed by atoms with Gasteiger partial charge in [-0.1, -0.05) is 0 Å². The fourth-order valence-corrected chi connectivity index (χ4v) is 1.71. The van der Waals surface area contributed by atoms with Gasteiger partial charge in [0, 0.05) is 11.3 Å². The molecule has 0 aromatic carbocycles. The molecule has 0 aromatic heterocycles. The zero-order chi connectivity index (χ0) is 9.26. The number of halogens is 1. The SMILES string of the molecule is CC(C)=NC1=N[N]C2=C1CCCC2.Cl. The first-order chi connectivity index (χ1) is 6.27. The second kappa shape index (κ2) is 4.60. The minimum absolute atomic E-state index is 0. The van der Waals surface area contributed by atoms with Crippen LogP contribution < -0.4 is 5.43 Å². The topological polar surface area (TPSA) is 38.8 Å². The molecule has 1 radical (unpaired) electrons. The van der Waals surface area contributed by atoms with E-state index in [1.807, 2.05) is 13.8 Å². The maximum Gasteiger partial charge on any atom is 0.179 e. The third-order valence-corrected chi connectivity index (χ3v) is 2.30. The minimum atomic E-state index is 0. The Balaban J connectivity index is 0.000000980. The van der Waals surface area contributed by atoms with E-state index in [0.29, 0.717) is 0 Å². The molecule has 3 nitrogen and oxygen atoms in total. The van der Waals surface area contributed by atoms with E-state index in [1.54, 1.807) is 0 Å². The van der Waals surface area contributed by atoms with Crippen LogP contribution in [0.2, 0.25) is 0 Å². The van der Waals surface area contributed by atoms with Gasteiger partial charge in [0.25, 0.3) is 0 Å². The highest BCUT2D eigenvalue weighted by atomic mass is 35.5. The first kappa shape index (κ1) is 11.2. The molecule has 0 atom stereocenters. The average molecular weight is 213 g/mol. The Bertz CT molecular complexity index is 311. The lowest BCUT2D eigenvalue weighted by molar-refractivity contribution is 0.652. The van der Waals surface area contributed by atoms with Crippen LogP contribution in [0.5, 0.6) is 0 Å². The number of aliphatic imine (C=N–C) groups is 1. The van der Waals surface area contributed by atoms with Gasteiger partial charge in [0.15, 0.2) is 5.84 Å². The van der Waals surface area contributed by atoms with Crippen molar-refractivity contribution in [1.29, 1.82) is 0 Å². The van der Waals surface area contributed by atoms with Crippen LogP contribution in [0.25, 0.3) is 0 Å². The Morgan fingerprint density at radius 3 is 2.64 bits per heavy atom. The molecule has 1 heterocycles. The summed E-state index contributed by atoms with van der Waals surface area (Å²) in [7, 11) is 0. The molecule has 4 heteroatoms. The van der Waals surface area contributed by atoms with Crippen LogP contribution in [0.3, 0.4) is 0 Å². The van der Waals surface area contributed by atoms with Gasteiger partial charge in [-0.15, -0.1) is 17.5 Å². The summed E-state index contributed by atoms with van der Waals surface area (Å²) in [6.45, 7) is 3.98. The quantitative estimate of drug-likeness (QED) is 0.554. The summed E-state index contributed by atoms with van der Waals surface area (Å²) < 4.78 is 0. The molecular formula is C10H15ClN3. The van der Waals surface area contributed by atoms with Gasteiger partial charge in [0.1, 0.15) is 0 Å². The molecule has 0 amide bonds. The van der Waals surface area contributed by atoms with Gasteiger partial charge in [0.05, 0.1) is 5.70 Å². The molecule has 2 aliphatic rings. The van der Waals surface area contributed by atoms with E-state index in [2.05, 4.69) is 15.5 Å². The Morgan fingerprint density at radius 1 is 1.21 bits per heavy atom. The third-order valence-electron chi connectivity index (χ3n) is 2.30. The van der Waals surface area contributed by atoms with Crippen molar-refractivity contribution in [3.63, 3.8) is 0 Å². The molecule has 0 N–H and O–H groups in total. The molecule has 0 unspecified atom stereocenters. The van der Waals surface area contributed by atoms with Gasteiger partial charge in [-0.3, -0.25) is 0 Å². The lowest BCUT2D eigenvalue weighted by atomic mass is 9.96. The lowest BCUT2D eigenvalue weighted by Gasteiger charge is -2.11. The molecule has 0 aromatic rings. The molecule has 2 rings (SSSR count). The van der Waals surface area contributed by atoms with Crippen LogP contribution in [-0.2, 0) is 0 Å². The Labute approximate surface area is 90.8 Å². The fourth-order valence-electron chi connectivity index (χ4n) is 1.71. The van der Waals surface area contributed by atoms with E-state index in [4.69, 9.17) is 0 Å². The van der Waals surface area contributed by atoms with Gasteiger partial charge in [-0.2, -0.15) is 5.43 Å². The maximum absolute atomic E-state index is 4.38. The van der Waals surface area contributed by atoms with Crippen LogP contribution in [-0.4, -0.2) is 11.5 Å². The van der Waals surface area contributed by atoms with Gasteiger partial charge >= 0.3 is 0 Å². The zero-order valence-corrected chi connectivity index (χ0v) is 9.39. The van der Waals surface area contributed by atoms with Crippen LogP contribution in [0.1, 0.15) is 39.5 Å². The van der Waals surface area contributed by atoms with Crippen LogP contribution >= 0.6 is 12.4 Å². The van der Waals surface area contributed by atoms with Crippen molar-refractivity contribution < 1.29 is 0 Å². The molecule has 1 aliphatic heterocycles. The van der Waals surface area contributed by atoms with E-state index in [0.717, 1.165) is 24.4 Å². The van der Waals surface area contributed by atoms with Gasteiger partial charge < -0.3 is 0 Å². The van der Waals surface area contributed by atoms with Crippen molar-refractivity contribution in [2.75, 3.05) is 0 Å². The first-order valence-corrected chi connectivity index (χ1v) is 4.80. The molecule has 0 fully saturated rings. The molecule has 0 spiro atoms. The summed E-state index contributed by atoms with van der Waals surface area (Å²) in [5.41, 5.74) is 7.66. The van der Waals surface area contributed by atoms with E-state index < -0.39 is 0 Å².